The maximum atomic E-state index is 9.54. The summed E-state index contributed by atoms with van der Waals surface area (Å²) in [7, 11) is 1.67. The molecule has 0 saturated heterocycles. The lowest BCUT2D eigenvalue weighted by molar-refractivity contribution is 0.225. The molecule has 0 aliphatic heterocycles. The average molecular weight is 256 g/mol. The number of ether oxygens (including phenoxy) is 1. The molecule has 0 fully saturated rings. The molecule has 0 spiro atoms. The van der Waals surface area contributed by atoms with Crippen molar-refractivity contribution < 1.29 is 9.84 Å². The van der Waals surface area contributed by atoms with E-state index in [4.69, 9.17) is 4.74 Å². The fraction of sp³-hybridized carbons (Fsp3) is 0.294. The second-order valence-electron chi connectivity index (χ2n) is 4.79. The Kier molecular flexibility index (Phi) is 4.99. The Morgan fingerprint density at radius 3 is 2.32 bits per heavy atom. The molecule has 0 radical (unpaired) electrons. The Bertz CT molecular complexity index is 494. The van der Waals surface area contributed by atoms with E-state index in [-0.39, 0.29) is 12.5 Å². The summed E-state index contributed by atoms with van der Waals surface area (Å²) >= 11 is 0. The molecule has 0 aliphatic carbocycles. The van der Waals surface area contributed by atoms with Crippen LogP contribution in [0.4, 0.5) is 0 Å². The molecular weight excluding hydrogens is 236 g/mol. The first-order chi connectivity index (χ1) is 9.31. The second-order valence-corrected chi connectivity index (χ2v) is 4.79. The van der Waals surface area contributed by atoms with E-state index in [0.717, 1.165) is 18.6 Å². The molecular formula is C17H20O2. The first kappa shape index (κ1) is 13.6. The summed E-state index contributed by atoms with van der Waals surface area (Å²) in [5, 5.41) is 9.54. The highest BCUT2D eigenvalue weighted by atomic mass is 16.5. The normalized spacial score (nSPS) is 12.1. The number of hydrogen-bond donors (Lipinski definition) is 1. The number of aliphatic hydroxyl groups excluding tert-OH is 1. The zero-order valence-electron chi connectivity index (χ0n) is 11.3. The Balaban J connectivity index is 2.02. The third-order valence-corrected chi connectivity index (χ3v) is 3.28. The standard InChI is InChI=1S/C17H20O2/c1-19-17-9-5-8-15(12-17)11-16(13-18)10-14-6-3-2-4-7-14/h2-9,12,16,18H,10-11,13H2,1H3. The fourth-order valence-corrected chi connectivity index (χ4v) is 2.28. The maximum absolute atomic E-state index is 9.54. The van der Waals surface area contributed by atoms with Crippen molar-refractivity contribution in [3.63, 3.8) is 0 Å². The van der Waals surface area contributed by atoms with E-state index >= 15 is 0 Å². The molecule has 2 rings (SSSR count). The van der Waals surface area contributed by atoms with Gasteiger partial charge in [-0.1, -0.05) is 42.5 Å². The van der Waals surface area contributed by atoms with Crippen molar-refractivity contribution in [1.29, 1.82) is 0 Å². The third-order valence-electron chi connectivity index (χ3n) is 3.28. The molecule has 19 heavy (non-hydrogen) atoms. The lowest BCUT2D eigenvalue weighted by atomic mass is 9.93. The monoisotopic (exact) mass is 256 g/mol. The molecule has 1 unspecified atom stereocenters. The number of hydrogen-bond acceptors (Lipinski definition) is 2. The topological polar surface area (TPSA) is 29.5 Å². The molecule has 2 heteroatoms. The zero-order valence-corrected chi connectivity index (χ0v) is 11.3. The molecule has 1 atom stereocenters. The number of benzene rings is 2. The van der Waals surface area contributed by atoms with Crippen LogP contribution in [0.5, 0.6) is 5.75 Å². The van der Waals surface area contributed by atoms with Gasteiger partial charge < -0.3 is 9.84 Å². The summed E-state index contributed by atoms with van der Waals surface area (Å²) in [4.78, 5) is 0. The van der Waals surface area contributed by atoms with E-state index in [9.17, 15) is 5.11 Å². The Labute approximate surface area is 114 Å². The molecule has 0 aromatic heterocycles. The van der Waals surface area contributed by atoms with Crippen LogP contribution >= 0.6 is 0 Å². The summed E-state index contributed by atoms with van der Waals surface area (Å²) < 4.78 is 5.23. The smallest absolute Gasteiger partial charge is 0.119 e. The average Bonchev–Trinajstić information content (AvgIpc) is 2.48. The second kappa shape index (κ2) is 6.95. The maximum Gasteiger partial charge on any atom is 0.119 e. The van der Waals surface area contributed by atoms with Crippen molar-refractivity contribution in [2.45, 2.75) is 12.8 Å². The Morgan fingerprint density at radius 2 is 1.63 bits per heavy atom. The van der Waals surface area contributed by atoms with Crippen LogP contribution in [0.15, 0.2) is 54.6 Å². The minimum atomic E-state index is 0.201. The quantitative estimate of drug-likeness (QED) is 0.860. The molecule has 2 aromatic carbocycles. The first-order valence-corrected chi connectivity index (χ1v) is 6.59. The fourth-order valence-electron chi connectivity index (χ4n) is 2.28. The van der Waals surface area contributed by atoms with Crippen molar-refractivity contribution >= 4 is 0 Å². The van der Waals surface area contributed by atoms with Crippen molar-refractivity contribution in [2.75, 3.05) is 13.7 Å². The van der Waals surface area contributed by atoms with Crippen LogP contribution in [-0.4, -0.2) is 18.8 Å². The van der Waals surface area contributed by atoms with Crippen LogP contribution in [-0.2, 0) is 12.8 Å². The van der Waals surface area contributed by atoms with Crippen molar-refractivity contribution in [1.82, 2.24) is 0 Å². The van der Waals surface area contributed by atoms with Crippen molar-refractivity contribution in [3.8, 4) is 5.75 Å². The summed E-state index contributed by atoms with van der Waals surface area (Å²) in [5.41, 5.74) is 2.47. The number of rotatable bonds is 6. The van der Waals surface area contributed by atoms with E-state index in [1.165, 1.54) is 11.1 Å². The molecule has 0 amide bonds. The highest BCUT2D eigenvalue weighted by Gasteiger charge is 2.10. The van der Waals surface area contributed by atoms with Crippen LogP contribution in [0.2, 0.25) is 0 Å². The zero-order chi connectivity index (χ0) is 13.5. The van der Waals surface area contributed by atoms with E-state index < -0.39 is 0 Å². The third kappa shape index (κ3) is 4.11. The number of aliphatic hydroxyl groups is 1. The van der Waals surface area contributed by atoms with Gasteiger partial charge in [0, 0.05) is 6.61 Å². The van der Waals surface area contributed by atoms with Gasteiger partial charge in [0.05, 0.1) is 7.11 Å². The molecule has 0 saturated carbocycles. The van der Waals surface area contributed by atoms with Gasteiger partial charge in [-0.3, -0.25) is 0 Å². The molecule has 2 nitrogen and oxygen atoms in total. The van der Waals surface area contributed by atoms with Gasteiger partial charge in [0.2, 0.25) is 0 Å². The van der Waals surface area contributed by atoms with Gasteiger partial charge >= 0.3 is 0 Å². The van der Waals surface area contributed by atoms with Crippen molar-refractivity contribution in [2.24, 2.45) is 5.92 Å². The lowest BCUT2D eigenvalue weighted by Crippen LogP contribution is -2.13. The molecule has 2 aromatic rings. The minimum absolute atomic E-state index is 0.201. The summed E-state index contributed by atoms with van der Waals surface area (Å²) in [6, 6.07) is 18.3. The van der Waals surface area contributed by atoms with Gasteiger partial charge in [-0.25, -0.2) is 0 Å². The lowest BCUT2D eigenvalue weighted by Gasteiger charge is -2.14. The molecule has 1 N–H and O–H groups in total. The summed E-state index contributed by atoms with van der Waals surface area (Å²) in [6.07, 6.45) is 1.76. The minimum Gasteiger partial charge on any atom is -0.497 e. The highest BCUT2D eigenvalue weighted by molar-refractivity contribution is 5.29. The SMILES string of the molecule is COc1cccc(CC(CO)Cc2ccccc2)c1. The molecule has 0 heterocycles. The van der Waals surface area contributed by atoms with Gasteiger partial charge in [0.25, 0.3) is 0 Å². The van der Waals surface area contributed by atoms with Gasteiger partial charge in [0.1, 0.15) is 5.75 Å². The van der Waals surface area contributed by atoms with E-state index in [0.29, 0.717) is 0 Å². The Morgan fingerprint density at radius 1 is 0.947 bits per heavy atom. The van der Waals surface area contributed by atoms with Crippen LogP contribution in [0.1, 0.15) is 11.1 Å². The van der Waals surface area contributed by atoms with Gasteiger partial charge in [-0.2, -0.15) is 0 Å². The van der Waals surface area contributed by atoms with E-state index in [1.807, 2.05) is 36.4 Å². The first-order valence-electron chi connectivity index (χ1n) is 6.59. The van der Waals surface area contributed by atoms with Gasteiger partial charge in [-0.05, 0) is 42.0 Å². The molecule has 0 bridgehead atoms. The summed E-state index contributed by atoms with van der Waals surface area (Å²) in [6.45, 7) is 0.201. The van der Waals surface area contributed by atoms with E-state index in [1.54, 1.807) is 7.11 Å². The van der Waals surface area contributed by atoms with Crippen LogP contribution in [0.3, 0.4) is 0 Å². The molecule has 0 aliphatic rings. The largest absolute Gasteiger partial charge is 0.497 e. The van der Waals surface area contributed by atoms with Crippen molar-refractivity contribution in [3.05, 3.63) is 65.7 Å². The summed E-state index contributed by atoms with van der Waals surface area (Å²) in [5.74, 6) is 1.11. The van der Waals surface area contributed by atoms with Crippen LogP contribution in [0, 0.1) is 5.92 Å². The molecule has 100 valence electrons. The van der Waals surface area contributed by atoms with Crippen LogP contribution in [0.25, 0.3) is 0 Å². The predicted octanol–water partition coefficient (Wildman–Crippen LogP) is 3.09. The predicted molar refractivity (Wildman–Crippen MR) is 77.4 cm³/mol. The van der Waals surface area contributed by atoms with Gasteiger partial charge in [-0.15, -0.1) is 0 Å². The Hall–Kier alpha value is -1.80. The van der Waals surface area contributed by atoms with Crippen LogP contribution < -0.4 is 4.74 Å². The highest BCUT2D eigenvalue weighted by Crippen LogP contribution is 2.18. The van der Waals surface area contributed by atoms with Gasteiger partial charge in [0.15, 0.2) is 0 Å². The van der Waals surface area contributed by atoms with E-state index in [2.05, 4.69) is 18.2 Å². The number of methoxy groups -OCH3 is 1.